The molecule has 1 atom stereocenters. The average Bonchev–Trinajstić information content (AvgIpc) is 2.74. The number of fused-ring (bicyclic) bond motifs is 1. The van der Waals surface area contributed by atoms with Gasteiger partial charge in [-0.2, -0.15) is 0 Å². The second kappa shape index (κ2) is 4.64. The minimum Gasteiger partial charge on any atom is -0.492 e. The van der Waals surface area contributed by atoms with Gasteiger partial charge >= 0.3 is 0 Å². The van der Waals surface area contributed by atoms with Crippen LogP contribution in [0.15, 0.2) is 42.5 Å². The Kier molecular flexibility index (Phi) is 3.06. The van der Waals surface area contributed by atoms with Crippen molar-refractivity contribution in [1.29, 1.82) is 0 Å². The quantitative estimate of drug-likeness (QED) is 0.900. The Hall–Kier alpha value is -1.80. The summed E-state index contributed by atoms with van der Waals surface area (Å²) in [7, 11) is 0. The summed E-state index contributed by atoms with van der Waals surface area (Å²) in [6, 6.07) is 14.7. The normalized spacial score (nSPS) is 17.4. The van der Waals surface area contributed by atoms with Crippen LogP contribution in [0.4, 0.5) is 0 Å². The molecule has 2 aromatic carbocycles. The van der Waals surface area contributed by atoms with Gasteiger partial charge in [-0.25, -0.2) is 0 Å². The second-order valence-corrected chi connectivity index (χ2v) is 6.32. The van der Waals surface area contributed by atoms with Crippen molar-refractivity contribution < 1.29 is 4.74 Å². The highest BCUT2D eigenvalue weighted by Gasteiger charge is 2.32. The van der Waals surface area contributed by atoms with Gasteiger partial charge in [-0.15, -0.1) is 0 Å². The summed E-state index contributed by atoms with van der Waals surface area (Å²) in [4.78, 5) is 0. The lowest BCUT2D eigenvalue weighted by atomic mass is 9.85. The maximum Gasteiger partial charge on any atom is 0.123 e. The van der Waals surface area contributed by atoms with E-state index in [0.29, 0.717) is 0 Å². The minimum atomic E-state index is -0.0858. The van der Waals surface area contributed by atoms with E-state index in [1.54, 1.807) is 0 Å². The molecule has 0 aromatic heterocycles. The number of nitrogens with two attached hydrogens (primary N) is 1. The predicted octanol–water partition coefficient (Wildman–Crippen LogP) is 3.71. The SMILES string of the molecule is Cc1ccc(C(N)c2ccc3c(c2)C(C)(C)CO3)cc1. The van der Waals surface area contributed by atoms with Crippen LogP contribution in [0.2, 0.25) is 0 Å². The maximum atomic E-state index is 6.41. The van der Waals surface area contributed by atoms with E-state index in [9.17, 15) is 0 Å². The summed E-state index contributed by atoms with van der Waals surface area (Å²) in [6.45, 7) is 7.25. The molecule has 1 aliphatic heterocycles. The van der Waals surface area contributed by atoms with Crippen LogP contribution in [-0.2, 0) is 5.41 Å². The fraction of sp³-hybridized carbons (Fsp3) is 0.333. The molecule has 2 nitrogen and oxygen atoms in total. The topological polar surface area (TPSA) is 35.2 Å². The third kappa shape index (κ3) is 2.20. The Morgan fingerprint density at radius 2 is 1.70 bits per heavy atom. The van der Waals surface area contributed by atoms with E-state index in [0.717, 1.165) is 23.5 Å². The fourth-order valence-electron chi connectivity index (χ4n) is 2.70. The van der Waals surface area contributed by atoms with Crippen LogP contribution in [0.25, 0.3) is 0 Å². The summed E-state index contributed by atoms with van der Waals surface area (Å²) in [6.07, 6.45) is 0. The first-order valence-corrected chi connectivity index (χ1v) is 7.07. The Bertz CT molecular complexity index is 628. The highest BCUT2D eigenvalue weighted by atomic mass is 16.5. The molecule has 0 saturated carbocycles. The van der Waals surface area contributed by atoms with Crippen molar-refractivity contribution >= 4 is 0 Å². The third-order valence-electron chi connectivity index (χ3n) is 4.12. The summed E-state index contributed by atoms with van der Waals surface area (Å²) < 4.78 is 5.73. The van der Waals surface area contributed by atoms with Crippen LogP contribution >= 0.6 is 0 Å². The Balaban J connectivity index is 1.97. The van der Waals surface area contributed by atoms with Gasteiger partial charge < -0.3 is 10.5 Å². The average molecular weight is 267 g/mol. The first-order chi connectivity index (χ1) is 9.47. The molecule has 0 saturated heterocycles. The van der Waals surface area contributed by atoms with Gasteiger partial charge in [-0.05, 0) is 30.2 Å². The van der Waals surface area contributed by atoms with Crippen LogP contribution < -0.4 is 10.5 Å². The Morgan fingerprint density at radius 1 is 1.05 bits per heavy atom. The molecular weight excluding hydrogens is 246 g/mol. The molecule has 0 spiro atoms. The van der Waals surface area contributed by atoms with Gasteiger partial charge in [0.15, 0.2) is 0 Å². The van der Waals surface area contributed by atoms with Crippen LogP contribution in [0.1, 0.15) is 42.1 Å². The van der Waals surface area contributed by atoms with E-state index in [1.807, 2.05) is 6.07 Å². The second-order valence-electron chi connectivity index (χ2n) is 6.32. The maximum absolute atomic E-state index is 6.41. The van der Waals surface area contributed by atoms with Crippen molar-refractivity contribution in [2.24, 2.45) is 5.73 Å². The first kappa shape index (κ1) is 13.2. The molecule has 0 aliphatic carbocycles. The molecular formula is C18H21NO. The minimum absolute atomic E-state index is 0.0678. The van der Waals surface area contributed by atoms with Gasteiger partial charge in [0.2, 0.25) is 0 Å². The van der Waals surface area contributed by atoms with Crippen molar-refractivity contribution in [1.82, 2.24) is 0 Å². The lowest BCUT2D eigenvalue weighted by Crippen LogP contribution is -2.19. The highest BCUT2D eigenvalue weighted by molar-refractivity contribution is 5.47. The summed E-state index contributed by atoms with van der Waals surface area (Å²) in [5.41, 5.74) is 11.3. The summed E-state index contributed by atoms with van der Waals surface area (Å²) >= 11 is 0. The number of hydrogen-bond donors (Lipinski definition) is 1. The summed E-state index contributed by atoms with van der Waals surface area (Å²) in [5, 5.41) is 0. The van der Waals surface area contributed by atoms with Crippen LogP contribution in [-0.4, -0.2) is 6.61 Å². The predicted molar refractivity (Wildman–Crippen MR) is 82.2 cm³/mol. The Morgan fingerprint density at radius 3 is 2.40 bits per heavy atom. The fourth-order valence-corrected chi connectivity index (χ4v) is 2.70. The van der Waals surface area contributed by atoms with Crippen LogP contribution in [0.5, 0.6) is 5.75 Å². The molecule has 1 heterocycles. The number of benzene rings is 2. The monoisotopic (exact) mass is 267 g/mol. The zero-order valence-electron chi connectivity index (χ0n) is 12.3. The highest BCUT2D eigenvalue weighted by Crippen LogP contribution is 2.39. The molecule has 2 N–H and O–H groups in total. The molecule has 0 fully saturated rings. The van der Waals surface area contributed by atoms with E-state index in [-0.39, 0.29) is 11.5 Å². The third-order valence-corrected chi connectivity index (χ3v) is 4.12. The van der Waals surface area contributed by atoms with Gasteiger partial charge in [0.05, 0.1) is 12.6 Å². The molecule has 20 heavy (non-hydrogen) atoms. The van der Waals surface area contributed by atoms with Gasteiger partial charge in [-0.3, -0.25) is 0 Å². The van der Waals surface area contributed by atoms with Crippen molar-refractivity contribution in [3.63, 3.8) is 0 Å². The van der Waals surface area contributed by atoms with Crippen molar-refractivity contribution in [2.45, 2.75) is 32.2 Å². The van der Waals surface area contributed by atoms with E-state index in [1.165, 1.54) is 11.1 Å². The molecule has 0 bridgehead atoms. The smallest absolute Gasteiger partial charge is 0.123 e. The molecule has 1 unspecified atom stereocenters. The molecule has 2 heteroatoms. The number of aryl methyl sites for hydroxylation is 1. The zero-order valence-corrected chi connectivity index (χ0v) is 12.3. The van der Waals surface area contributed by atoms with Crippen LogP contribution in [0, 0.1) is 6.92 Å². The lowest BCUT2D eigenvalue weighted by molar-refractivity contribution is 0.291. The van der Waals surface area contributed by atoms with Crippen molar-refractivity contribution in [3.05, 3.63) is 64.7 Å². The molecule has 104 valence electrons. The molecule has 2 aromatic rings. The summed E-state index contributed by atoms with van der Waals surface area (Å²) in [5.74, 6) is 0.995. The van der Waals surface area contributed by atoms with E-state index in [4.69, 9.17) is 10.5 Å². The van der Waals surface area contributed by atoms with Gasteiger partial charge in [0.25, 0.3) is 0 Å². The van der Waals surface area contributed by atoms with Crippen LogP contribution in [0.3, 0.4) is 0 Å². The number of ether oxygens (including phenoxy) is 1. The standard InChI is InChI=1S/C18H21NO/c1-12-4-6-13(7-5-12)17(19)14-8-9-16-15(10-14)18(2,3)11-20-16/h4-10,17H,11,19H2,1-3H3. The molecule has 1 aliphatic rings. The van der Waals surface area contributed by atoms with Crippen molar-refractivity contribution in [3.8, 4) is 5.75 Å². The van der Waals surface area contributed by atoms with E-state index in [2.05, 4.69) is 57.2 Å². The lowest BCUT2D eigenvalue weighted by Gasteiger charge is -2.18. The molecule has 3 rings (SSSR count). The first-order valence-electron chi connectivity index (χ1n) is 7.07. The number of rotatable bonds is 2. The van der Waals surface area contributed by atoms with E-state index >= 15 is 0 Å². The Labute approximate surface area is 120 Å². The molecule has 0 radical (unpaired) electrons. The molecule has 0 amide bonds. The van der Waals surface area contributed by atoms with Crippen molar-refractivity contribution in [2.75, 3.05) is 6.61 Å². The van der Waals surface area contributed by atoms with E-state index < -0.39 is 0 Å². The largest absolute Gasteiger partial charge is 0.492 e. The van der Waals surface area contributed by atoms with Gasteiger partial charge in [-0.1, -0.05) is 49.7 Å². The number of hydrogen-bond acceptors (Lipinski definition) is 2. The zero-order chi connectivity index (χ0) is 14.3. The van der Waals surface area contributed by atoms with Gasteiger partial charge in [0, 0.05) is 11.0 Å². The van der Waals surface area contributed by atoms with Gasteiger partial charge in [0.1, 0.15) is 5.75 Å².